The summed E-state index contributed by atoms with van der Waals surface area (Å²) < 4.78 is 1.52. The van der Waals surface area contributed by atoms with Crippen LogP contribution in [0, 0.1) is 4.64 Å². The predicted molar refractivity (Wildman–Crippen MR) is 58.9 cm³/mol. The van der Waals surface area contributed by atoms with Gasteiger partial charge in [0.2, 0.25) is 0 Å². The average molecular weight is 223 g/mol. The number of hydrogen-bond donors (Lipinski definition) is 3. The number of anilines is 1. The smallest absolute Gasteiger partial charge is 0.150 e. The van der Waals surface area contributed by atoms with Gasteiger partial charge in [-0.25, -0.2) is 4.98 Å². The summed E-state index contributed by atoms with van der Waals surface area (Å²) in [7, 11) is 0. The highest BCUT2D eigenvalue weighted by atomic mass is 32.1. The van der Waals surface area contributed by atoms with Crippen LogP contribution < -0.4 is 5.73 Å². The molecule has 0 aliphatic rings. The summed E-state index contributed by atoms with van der Waals surface area (Å²) in [6.45, 7) is 0. The summed E-state index contributed by atoms with van der Waals surface area (Å²) in [4.78, 5) is 7.89. The summed E-state index contributed by atoms with van der Waals surface area (Å²) >= 11 is 6.59. The van der Waals surface area contributed by atoms with E-state index in [-0.39, 0.29) is 0 Å². The molecule has 0 aromatic carbocycles. The van der Waals surface area contributed by atoms with E-state index in [0.717, 1.165) is 20.4 Å². The van der Waals surface area contributed by atoms with Gasteiger partial charge in [0, 0.05) is 0 Å². The van der Waals surface area contributed by atoms with Crippen LogP contribution in [0.5, 0.6) is 0 Å². The number of H-pyrrole nitrogens is 2. The maximum absolute atomic E-state index is 5.75. The van der Waals surface area contributed by atoms with E-state index >= 15 is 0 Å². The summed E-state index contributed by atoms with van der Waals surface area (Å²) in [5, 5.41) is 7.70. The van der Waals surface area contributed by atoms with Gasteiger partial charge in [0.25, 0.3) is 0 Å². The highest BCUT2D eigenvalue weighted by Crippen LogP contribution is 2.33. The van der Waals surface area contributed by atoms with Crippen molar-refractivity contribution < 1.29 is 0 Å². The van der Waals surface area contributed by atoms with Gasteiger partial charge in [0.1, 0.15) is 15.3 Å². The molecule has 0 aliphatic heterocycles. The lowest BCUT2D eigenvalue weighted by Gasteiger charge is -1.89. The number of aromatic nitrogens is 4. The second-order valence-electron chi connectivity index (χ2n) is 2.83. The van der Waals surface area contributed by atoms with Crippen LogP contribution in [-0.4, -0.2) is 20.2 Å². The third kappa shape index (κ3) is 0.851. The third-order valence-electron chi connectivity index (χ3n) is 2.02. The molecule has 4 N–H and O–H groups in total. The molecule has 3 heterocycles. The van der Waals surface area contributed by atoms with E-state index in [1.165, 1.54) is 11.3 Å². The standard InChI is InChI=1S/C7H5N5S2/c8-5-2-3-4(6(13)10-1-9-3)14-7(2)12-11-5/h1H,(H3,8,11,12)(H,9,10,13). The monoisotopic (exact) mass is 223 g/mol. The minimum Gasteiger partial charge on any atom is -0.383 e. The number of nitrogens with one attached hydrogen (secondary N) is 2. The van der Waals surface area contributed by atoms with Gasteiger partial charge >= 0.3 is 0 Å². The van der Waals surface area contributed by atoms with E-state index in [1.807, 2.05) is 0 Å². The Hall–Kier alpha value is -1.47. The SMILES string of the molecule is Nc1[nH]nc2sc3c(=S)nc[nH]c3c12. The fourth-order valence-electron chi connectivity index (χ4n) is 1.42. The fraction of sp³-hybridized carbons (Fsp3) is 0. The molecule has 0 saturated carbocycles. The lowest BCUT2D eigenvalue weighted by atomic mass is 10.3. The van der Waals surface area contributed by atoms with E-state index in [1.54, 1.807) is 6.33 Å². The van der Waals surface area contributed by atoms with Crippen molar-refractivity contribution in [1.82, 2.24) is 20.2 Å². The lowest BCUT2D eigenvalue weighted by Crippen LogP contribution is -1.85. The Balaban J connectivity index is 2.72. The molecule has 0 bridgehead atoms. The van der Waals surface area contributed by atoms with Gasteiger partial charge in [-0.05, 0) is 0 Å². The van der Waals surface area contributed by atoms with Crippen molar-refractivity contribution >= 4 is 49.8 Å². The van der Waals surface area contributed by atoms with E-state index in [4.69, 9.17) is 18.0 Å². The number of nitrogens with zero attached hydrogens (tertiary/aromatic N) is 2. The second-order valence-corrected chi connectivity index (χ2v) is 4.22. The molecule has 0 radical (unpaired) electrons. The summed E-state index contributed by atoms with van der Waals surface area (Å²) in [5.74, 6) is 0.558. The maximum atomic E-state index is 5.75. The topological polar surface area (TPSA) is 83.4 Å². The largest absolute Gasteiger partial charge is 0.383 e. The normalized spacial score (nSPS) is 11.4. The molecule has 0 spiro atoms. The first-order valence-corrected chi connectivity index (χ1v) is 5.09. The Labute approximate surface area is 87.0 Å². The van der Waals surface area contributed by atoms with Gasteiger partial charge in [-0.2, -0.15) is 5.10 Å². The van der Waals surface area contributed by atoms with Gasteiger partial charge in [0.05, 0.1) is 21.9 Å². The highest BCUT2D eigenvalue weighted by Gasteiger charge is 2.11. The van der Waals surface area contributed by atoms with Gasteiger partial charge in [-0.3, -0.25) is 5.10 Å². The van der Waals surface area contributed by atoms with Crippen LogP contribution in [-0.2, 0) is 0 Å². The predicted octanol–water partition coefficient (Wildman–Crippen LogP) is 1.81. The zero-order valence-corrected chi connectivity index (χ0v) is 8.50. The Morgan fingerprint density at radius 3 is 3.21 bits per heavy atom. The van der Waals surface area contributed by atoms with Crippen LogP contribution in [0.25, 0.3) is 20.4 Å². The Kier molecular flexibility index (Phi) is 1.42. The second kappa shape index (κ2) is 2.52. The molecule has 0 unspecified atom stereocenters. The highest BCUT2D eigenvalue weighted by molar-refractivity contribution is 7.71. The van der Waals surface area contributed by atoms with Gasteiger partial charge in [0.15, 0.2) is 0 Å². The van der Waals surface area contributed by atoms with Crippen molar-refractivity contribution in [2.45, 2.75) is 0 Å². The lowest BCUT2D eigenvalue weighted by molar-refractivity contribution is 1.13. The number of nitrogens with two attached hydrogens (primary N) is 1. The number of thiophene rings is 1. The first-order chi connectivity index (χ1) is 6.77. The van der Waals surface area contributed by atoms with E-state index in [2.05, 4.69) is 20.2 Å². The van der Waals surface area contributed by atoms with Crippen LogP contribution in [0.2, 0.25) is 0 Å². The number of fused-ring (bicyclic) bond motifs is 3. The number of hydrogen-bond acceptors (Lipinski definition) is 5. The molecule has 3 aromatic heterocycles. The molecule has 7 heteroatoms. The van der Waals surface area contributed by atoms with Crippen LogP contribution in [0.4, 0.5) is 5.82 Å². The molecule has 0 atom stereocenters. The Bertz CT molecular complexity index is 676. The molecule has 3 rings (SSSR count). The zero-order chi connectivity index (χ0) is 9.71. The molecule has 70 valence electrons. The van der Waals surface area contributed by atoms with Crippen molar-refractivity contribution in [3.63, 3.8) is 0 Å². The van der Waals surface area contributed by atoms with Crippen molar-refractivity contribution in [2.24, 2.45) is 0 Å². The van der Waals surface area contributed by atoms with Crippen LogP contribution in [0.3, 0.4) is 0 Å². The molecular formula is C7H5N5S2. The molecular weight excluding hydrogens is 218 g/mol. The molecule has 0 saturated heterocycles. The number of nitrogen functional groups attached to an aromatic ring is 1. The Morgan fingerprint density at radius 2 is 2.36 bits per heavy atom. The van der Waals surface area contributed by atoms with Crippen molar-refractivity contribution in [2.75, 3.05) is 5.73 Å². The molecule has 5 nitrogen and oxygen atoms in total. The first kappa shape index (κ1) is 7.89. The minimum absolute atomic E-state index is 0.558. The summed E-state index contributed by atoms with van der Waals surface area (Å²) in [5.41, 5.74) is 6.66. The Morgan fingerprint density at radius 1 is 1.50 bits per heavy atom. The zero-order valence-electron chi connectivity index (χ0n) is 6.87. The number of aromatic amines is 2. The summed E-state index contributed by atoms with van der Waals surface area (Å²) in [6.07, 6.45) is 1.57. The van der Waals surface area contributed by atoms with E-state index in [0.29, 0.717) is 10.5 Å². The molecule has 14 heavy (non-hydrogen) atoms. The first-order valence-electron chi connectivity index (χ1n) is 3.87. The van der Waals surface area contributed by atoms with Gasteiger partial charge in [-0.15, -0.1) is 11.3 Å². The summed E-state index contributed by atoms with van der Waals surface area (Å²) in [6, 6.07) is 0. The molecule has 0 fully saturated rings. The third-order valence-corrected chi connectivity index (χ3v) is 3.55. The van der Waals surface area contributed by atoms with Crippen LogP contribution >= 0.6 is 23.6 Å². The molecule has 0 amide bonds. The van der Waals surface area contributed by atoms with Gasteiger partial charge in [-0.1, -0.05) is 12.2 Å². The van der Waals surface area contributed by atoms with Crippen molar-refractivity contribution in [3.05, 3.63) is 11.0 Å². The molecule has 0 aliphatic carbocycles. The van der Waals surface area contributed by atoms with Crippen molar-refractivity contribution in [1.29, 1.82) is 0 Å². The van der Waals surface area contributed by atoms with Crippen LogP contribution in [0.1, 0.15) is 0 Å². The van der Waals surface area contributed by atoms with Crippen LogP contribution in [0.15, 0.2) is 6.33 Å². The average Bonchev–Trinajstić information content (AvgIpc) is 2.68. The van der Waals surface area contributed by atoms with Crippen molar-refractivity contribution in [3.8, 4) is 0 Å². The maximum Gasteiger partial charge on any atom is 0.150 e. The molecule has 3 aromatic rings. The quantitative estimate of drug-likeness (QED) is 0.507. The minimum atomic E-state index is 0.558. The van der Waals surface area contributed by atoms with E-state index < -0.39 is 0 Å². The van der Waals surface area contributed by atoms with E-state index in [9.17, 15) is 0 Å². The van der Waals surface area contributed by atoms with Gasteiger partial charge < -0.3 is 10.7 Å². The fourth-order valence-corrected chi connectivity index (χ4v) is 2.70. The number of rotatable bonds is 0.